The van der Waals surface area contributed by atoms with E-state index in [0.29, 0.717) is 41.1 Å². The van der Waals surface area contributed by atoms with E-state index in [1.807, 2.05) is 43.3 Å². The molecule has 1 heterocycles. The molecule has 0 saturated carbocycles. The van der Waals surface area contributed by atoms with Crippen LogP contribution in [0.15, 0.2) is 53.1 Å². The minimum atomic E-state index is -0.114. The van der Waals surface area contributed by atoms with Crippen LogP contribution in [-0.2, 0) is 13.2 Å². The minimum Gasteiger partial charge on any atom is -0.485 e. The van der Waals surface area contributed by atoms with Gasteiger partial charge in [-0.2, -0.15) is 4.98 Å². The lowest BCUT2D eigenvalue weighted by atomic mass is 10.1. The highest BCUT2D eigenvalue weighted by atomic mass is 35.5. The number of benzene rings is 2. The Morgan fingerprint density at radius 3 is 2.74 bits per heavy atom. The number of aryl methyl sites for hydroxylation is 1. The molecule has 27 heavy (non-hydrogen) atoms. The maximum atomic E-state index is 13.1. The zero-order valence-electron chi connectivity index (χ0n) is 15.2. The predicted octanol–water partition coefficient (Wildman–Crippen LogP) is 4.27. The van der Waals surface area contributed by atoms with Gasteiger partial charge in [0.05, 0.1) is 5.56 Å². The summed E-state index contributed by atoms with van der Waals surface area (Å²) >= 11 is 6.05. The van der Waals surface area contributed by atoms with Gasteiger partial charge in [-0.3, -0.25) is 4.79 Å². The third-order valence-electron chi connectivity index (χ3n) is 3.98. The number of nitrogens with zero attached hydrogens (tertiary/aromatic N) is 3. The van der Waals surface area contributed by atoms with Gasteiger partial charge in [0, 0.05) is 25.0 Å². The first-order valence-corrected chi connectivity index (χ1v) is 8.99. The molecule has 3 rings (SSSR count). The zero-order valence-corrected chi connectivity index (χ0v) is 15.9. The van der Waals surface area contributed by atoms with Gasteiger partial charge in [0.1, 0.15) is 5.75 Å². The van der Waals surface area contributed by atoms with Crippen LogP contribution in [0.1, 0.15) is 34.6 Å². The van der Waals surface area contributed by atoms with Gasteiger partial charge in [-0.25, -0.2) is 0 Å². The second-order valence-electron chi connectivity index (χ2n) is 5.96. The Morgan fingerprint density at radius 2 is 2.04 bits per heavy atom. The molecule has 1 amide bonds. The molecule has 0 aliphatic rings. The Balaban J connectivity index is 1.76. The number of para-hydroxylation sites is 1. The highest BCUT2D eigenvalue weighted by molar-refractivity contribution is 6.30. The van der Waals surface area contributed by atoms with Gasteiger partial charge in [0.2, 0.25) is 11.7 Å². The number of ether oxygens (including phenoxy) is 1. The van der Waals surface area contributed by atoms with Gasteiger partial charge in [-0.15, -0.1) is 0 Å². The number of carbonyl (C=O) groups excluding carboxylic acids is 1. The molecular formula is C20H20ClN3O3. The lowest BCUT2D eigenvalue weighted by Gasteiger charge is -2.22. The molecule has 0 fully saturated rings. The van der Waals surface area contributed by atoms with E-state index in [-0.39, 0.29) is 12.5 Å². The van der Waals surface area contributed by atoms with Crippen molar-refractivity contribution in [2.45, 2.75) is 27.0 Å². The Labute approximate surface area is 162 Å². The number of rotatable bonds is 7. The van der Waals surface area contributed by atoms with Gasteiger partial charge < -0.3 is 14.2 Å². The lowest BCUT2D eigenvalue weighted by Crippen LogP contribution is -2.30. The number of halogens is 1. The summed E-state index contributed by atoms with van der Waals surface area (Å²) in [5.74, 6) is 1.27. The van der Waals surface area contributed by atoms with E-state index in [1.165, 1.54) is 0 Å². The molecule has 7 heteroatoms. The minimum absolute atomic E-state index is 0.114. The van der Waals surface area contributed by atoms with Crippen molar-refractivity contribution in [1.29, 1.82) is 0 Å². The molecule has 0 radical (unpaired) electrons. The summed E-state index contributed by atoms with van der Waals surface area (Å²) < 4.78 is 10.7. The predicted molar refractivity (Wildman–Crippen MR) is 102 cm³/mol. The average molecular weight is 386 g/mol. The summed E-state index contributed by atoms with van der Waals surface area (Å²) in [4.78, 5) is 18.9. The number of amides is 1. The highest BCUT2D eigenvalue weighted by Gasteiger charge is 2.19. The van der Waals surface area contributed by atoms with Crippen molar-refractivity contribution >= 4 is 17.5 Å². The van der Waals surface area contributed by atoms with Crippen LogP contribution in [0.4, 0.5) is 0 Å². The smallest absolute Gasteiger partial charge is 0.257 e. The molecule has 2 aromatic carbocycles. The summed E-state index contributed by atoms with van der Waals surface area (Å²) in [6, 6.07) is 14.6. The molecule has 1 aromatic heterocycles. The van der Waals surface area contributed by atoms with E-state index in [0.717, 1.165) is 5.56 Å². The van der Waals surface area contributed by atoms with Gasteiger partial charge in [-0.05, 0) is 36.8 Å². The maximum absolute atomic E-state index is 13.1. The van der Waals surface area contributed by atoms with Gasteiger partial charge in [0.15, 0.2) is 6.61 Å². The molecule has 140 valence electrons. The van der Waals surface area contributed by atoms with Crippen LogP contribution >= 0.6 is 11.6 Å². The van der Waals surface area contributed by atoms with Crippen molar-refractivity contribution in [3.63, 3.8) is 0 Å². The Hall–Kier alpha value is -2.86. The van der Waals surface area contributed by atoms with Crippen LogP contribution in [0.2, 0.25) is 5.02 Å². The second-order valence-corrected chi connectivity index (χ2v) is 6.40. The molecular weight excluding hydrogens is 366 g/mol. The van der Waals surface area contributed by atoms with Crippen molar-refractivity contribution in [3.8, 4) is 5.75 Å². The van der Waals surface area contributed by atoms with E-state index in [9.17, 15) is 4.79 Å². The SMILES string of the molecule is CCN(Cc1cccc(Cl)c1)C(=O)c1ccccc1OCc1noc(C)n1. The number of carbonyl (C=O) groups is 1. The number of hydrogen-bond acceptors (Lipinski definition) is 5. The normalized spacial score (nSPS) is 10.6. The summed E-state index contributed by atoms with van der Waals surface area (Å²) in [7, 11) is 0. The number of aromatic nitrogens is 2. The van der Waals surface area contributed by atoms with Crippen LogP contribution in [0.3, 0.4) is 0 Å². The van der Waals surface area contributed by atoms with Crippen LogP contribution in [0, 0.1) is 6.92 Å². The van der Waals surface area contributed by atoms with E-state index in [2.05, 4.69) is 10.1 Å². The standard InChI is InChI=1S/C20H20ClN3O3/c1-3-24(12-15-7-6-8-16(21)11-15)20(25)17-9-4-5-10-18(17)26-13-19-22-14(2)27-23-19/h4-11H,3,12-13H2,1-2H3. The molecule has 0 bridgehead atoms. The molecule has 0 saturated heterocycles. The van der Waals surface area contributed by atoms with Gasteiger partial charge in [-0.1, -0.05) is 41.0 Å². The van der Waals surface area contributed by atoms with Crippen molar-refractivity contribution in [3.05, 3.63) is 76.4 Å². The molecule has 6 nitrogen and oxygen atoms in total. The van der Waals surface area contributed by atoms with E-state index in [1.54, 1.807) is 24.0 Å². The molecule has 0 unspecified atom stereocenters. The third-order valence-corrected chi connectivity index (χ3v) is 4.21. The number of hydrogen-bond donors (Lipinski definition) is 0. The fourth-order valence-corrected chi connectivity index (χ4v) is 2.88. The Bertz CT molecular complexity index is 926. The quantitative estimate of drug-likeness (QED) is 0.607. The molecule has 0 N–H and O–H groups in total. The van der Waals surface area contributed by atoms with E-state index < -0.39 is 0 Å². The molecule has 3 aromatic rings. The van der Waals surface area contributed by atoms with Crippen molar-refractivity contribution < 1.29 is 14.1 Å². The van der Waals surface area contributed by atoms with Gasteiger partial charge in [0.25, 0.3) is 5.91 Å². The average Bonchev–Trinajstić information content (AvgIpc) is 3.09. The third kappa shape index (κ3) is 4.86. The first-order chi connectivity index (χ1) is 13.1. The monoisotopic (exact) mass is 385 g/mol. The first kappa shape index (κ1) is 18.9. The van der Waals surface area contributed by atoms with Crippen LogP contribution < -0.4 is 4.74 Å². The maximum Gasteiger partial charge on any atom is 0.257 e. The Kier molecular flexibility index (Phi) is 6.08. The molecule has 0 aliphatic heterocycles. The van der Waals surface area contributed by atoms with E-state index >= 15 is 0 Å². The zero-order chi connectivity index (χ0) is 19.2. The molecule has 0 aliphatic carbocycles. The summed E-state index contributed by atoms with van der Waals surface area (Å²) in [6.07, 6.45) is 0. The lowest BCUT2D eigenvalue weighted by molar-refractivity contribution is 0.0747. The molecule has 0 atom stereocenters. The highest BCUT2D eigenvalue weighted by Crippen LogP contribution is 2.22. The Morgan fingerprint density at radius 1 is 1.22 bits per heavy atom. The van der Waals surface area contributed by atoms with Gasteiger partial charge >= 0.3 is 0 Å². The van der Waals surface area contributed by atoms with Crippen LogP contribution in [-0.4, -0.2) is 27.5 Å². The fraction of sp³-hybridized carbons (Fsp3) is 0.250. The second kappa shape index (κ2) is 8.68. The molecule has 0 spiro atoms. The van der Waals surface area contributed by atoms with E-state index in [4.69, 9.17) is 20.9 Å². The summed E-state index contributed by atoms with van der Waals surface area (Å²) in [5, 5.41) is 4.45. The van der Waals surface area contributed by atoms with Crippen molar-refractivity contribution in [2.24, 2.45) is 0 Å². The van der Waals surface area contributed by atoms with Crippen molar-refractivity contribution in [2.75, 3.05) is 6.54 Å². The summed E-state index contributed by atoms with van der Waals surface area (Å²) in [6.45, 7) is 4.80. The van der Waals surface area contributed by atoms with Crippen LogP contribution in [0.5, 0.6) is 5.75 Å². The van der Waals surface area contributed by atoms with Crippen molar-refractivity contribution in [1.82, 2.24) is 15.0 Å². The summed E-state index contributed by atoms with van der Waals surface area (Å²) in [5.41, 5.74) is 1.46. The van der Waals surface area contributed by atoms with Crippen LogP contribution in [0.25, 0.3) is 0 Å². The largest absolute Gasteiger partial charge is 0.485 e. The topological polar surface area (TPSA) is 68.5 Å². The fourth-order valence-electron chi connectivity index (χ4n) is 2.66. The first-order valence-electron chi connectivity index (χ1n) is 8.61.